The third kappa shape index (κ3) is 6.98. The Labute approximate surface area is 249 Å². The lowest BCUT2D eigenvalue weighted by Gasteiger charge is -2.16. The predicted molar refractivity (Wildman–Crippen MR) is 162 cm³/mol. The van der Waals surface area contributed by atoms with E-state index in [0.29, 0.717) is 16.5 Å². The standard InChI is InChI=1S/C32H32FN3O4S2/c1-32(2,3)13-5-7-20-6-4-8-23(14-20)27-17-24(30-35-26(19-41-30)31(37)38)28(16-21-9-10-21)36(27)18-22-11-12-29(25(33)15-22)42(34,39)40/h4,6,8,11-12,14-15,17,19,21H,9-10,13,16,18H2,1-3H3,(H,37,38)(H2,34,39,40). The van der Waals surface area contributed by atoms with Crippen LogP contribution >= 0.6 is 11.3 Å². The number of nitrogens with zero attached hydrogens (tertiary/aromatic N) is 2. The lowest BCUT2D eigenvalue weighted by Crippen LogP contribution is -2.14. The van der Waals surface area contributed by atoms with Crippen LogP contribution in [0.4, 0.5) is 4.39 Å². The molecule has 0 unspecified atom stereocenters. The molecule has 5 rings (SSSR count). The van der Waals surface area contributed by atoms with E-state index >= 15 is 0 Å². The van der Waals surface area contributed by atoms with Crippen LogP contribution in [-0.4, -0.2) is 29.0 Å². The number of nitrogens with two attached hydrogens (primary N) is 1. The number of aromatic nitrogens is 2. The normalized spacial score (nSPS) is 13.5. The fraction of sp³-hybridized carbons (Fsp3) is 0.312. The smallest absolute Gasteiger partial charge is 0.355 e. The number of sulfonamides is 1. The van der Waals surface area contributed by atoms with Gasteiger partial charge in [-0.2, -0.15) is 0 Å². The zero-order valence-corrected chi connectivity index (χ0v) is 25.3. The van der Waals surface area contributed by atoms with Crippen LogP contribution < -0.4 is 5.14 Å². The first-order valence-electron chi connectivity index (χ1n) is 13.6. The number of aromatic carboxylic acids is 1. The second kappa shape index (κ2) is 11.5. The molecule has 2 heterocycles. The van der Waals surface area contributed by atoms with Crippen molar-refractivity contribution in [1.29, 1.82) is 0 Å². The van der Waals surface area contributed by atoms with E-state index in [-0.39, 0.29) is 17.7 Å². The fourth-order valence-electron chi connectivity index (χ4n) is 4.73. The molecule has 1 fully saturated rings. The van der Waals surface area contributed by atoms with Gasteiger partial charge in [0.05, 0.1) is 0 Å². The molecule has 4 aromatic rings. The number of primary sulfonamides is 1. The molecule has 0 radical (unpaired) electrons. The maximum Gasteiger partial charge on any atom is 0.355 e. The highest BCUT2D eigenvalue weighted by Gasteiger charge is 2.28. The zero-order chi connectivity index (χ0) is 30.2. The summed E-state index contributed by atoms with van der Waals surface area (Å²) < 4.78 is 40.5. The number of hydrogen-bond donors (Lipinski definition) is 2. The summed E-state index contributed by atoms with van der Waals surface area (Å²) in [6.07, 6.45) is 3.68. The number of rotatable bonds is 8. The summed E-state index contributed by atoms with van der Waals surface area (Å²) >= 11 is 1.27. The predicted octanol–water partition coefficient (Wildman–Crippen LogP) is 6.55. The lowest BCUT2D eigenvalue weighted by atomic mass is 9.92. The summed E-state index contributed by atoms with van der Waals surface area (Å²) in [6.45, 7) is 6.68. The number of benzene rings is 2. The molecule has 42 heavy (non-hydrogen) atoms. The highest BCUT2D eigenvalue weighted by atomic mass is 32.2. The Balaban J connectivity index is 1.65. The molecule has 0 bridgehead atoms. The van der Waals surface area contributed by atoms with Crippen molar-refractivity contribution in [3.8, 4) is 33.7 Å². The first kappa shape index (κ1) is 29.7. The number of halogens is 1. The van der Waals surface area contributed by atoms with Crippen LogP contribution in [0.5, 0.6) is 0 Å². The first-order valence-corrected chi connectivity index (χ1v) is 16.0. The molecule has 0 aliphatic heterocycles. The maximum absolute atomic E-state index is 14.8. The van der Waals surface area contributed by atoms with E-state index < -0.39 is 26.7 Å². The minimum absolute atomic E-state index is 0.0153. The Morgan fingerprint density at radius 2 is 1.95 bits per heavy atom. The minimum atomic E-state index is -4.20. The van der Waals surface area contributed by atoms with Crippen molar-refractivity contribution >= 4 is 27.3 Å². The molecule has 1 aliphatic rings. The fourth-order valence-corrected chi connectivity index (χ4v) is 6.15. The number of carboxylic acids is 1. The van der Waals surface area contributed by atoms with Crippen LogP contribution in [0.3, 0.4) is 0 Å². The molecule has 3 N–H and O–H groups in total. The van der Waals surface area contributed by atoms with E-state index in [1.165, 1.54) is 28.8 Å². The molecule has 2 aromatic heterocycles. The topological polar surface area (TPSA) is 115 Å². The third-order valence-electron chi connectivity index (χ3n) is 6.99. The molecular weight excluding hydrogens is 574 g/mol. The van der Waals surface area contributed by atoms with E-state index in [0.717, 1.165) is 53.8 Å². The number of carbonyl (C=O) groups is 1. The summed E-state index contributed by atoms with van der Waals surface area (Å²) in [4.78, 5) is 15.5. The van der Waals surface area contributed by atoms with Gasteiger partial charge in [0, 0.05) is 40.9 Å². The first-order chi connectivity index (χ1) is 19.8. The summed E-state index contributed by atoms with van der Waals surface area (Å²) in [6, 6.07) is 13.9. The SMILES string of the molecule is CC(C)(C)CC#Cc1cccc(-c2cc(-c3nc(C(=O)O)cs3)c(CC3CC3)n2Cc2ccc(S(N)(=O)=O)c(F)c2)c1. The van der Waals surface area contributed by atoms with Gasteiger partial charge in [-0.1, -0.05) is 50.8 Å². The van der Waals surface area contributed by atoms with Crippen molar-refractivity contribution in [2.24, 2.45) is 16.5 Å². The molecule has 0 atom stereocenters. The largest absolute Gasteiger partial charge is 0.476 e. The molecule has 1 aliphatic carbocycles. The van der Waals surface area contributed by atoms with E-state index in [1.54, 1.807) is 6.07 Å². The van der Waals surface area contributed by atoms with Crippen molar-refractivity contribution in [3.05, 3.63) is 82.2 Å². The van der Waals surface area contributed by atoms with E-state index in [9.17, 15) is 22.7 Å². The Bertz CT molecular complexity index is 1830. The number of hydrogen-bond acceptors (Lipinski definition) is 5. The second-order valence-corrected chi connectivity index (χ2v) is 14.3. The van der Waals surface area contributed by atoms with Crippen molar-refractivity contribution < 1.29 is 22.7 Å². The van der Waals surface area contributed by atoms with Gasteiger partial charge >= 0.3 is 5.97 Å². The molecule has 0 saturated heterocycles. The minimum Gasteiger partial charge on any atom is -0.476 e. The zero-order valence-electron chi connectivity index (χ0n) is 23.6. The molecular formula is C32H32FN3O4S2. The summed E-state index contributed by atoms with van der Waals surface area (Å²) in [5.41, 5.74) is 5.05. The maximum atomic E-state index is 14.8. The van der Waals surface area contributed by atoms with Gasteiger partial charge in [0.15, 0.2) is 5.69 Å². The van der Waals surface area contributed by atoms with Gasteiger partial charge in [-0.25, -0.2) is 27.7 Å². The molecule has 10 heteroatoms. The highest BCUT2D eigenvalue weighted by molar-refractivity contribution is 7.89. The molecule has 7 nitrogen and oxygen atoms in total. The monoisotopic (exact) mass is 605 g/mol. The molecule has 0 spiro atoms. The van der Waals surface area contributed by atoms with E-state index in [2.05, 4.69) is 42.2 Å². The van der Waals surface area contributed by atoms with Crippen LogP contribution in [0.15, 0.2) is 58.8 Å². The Hall–Kier alpha value is -3.78. The molecule has 2 aromatic carbocycles. The van der Waals surface area contributed by atoms with Gasteiger partial charge in [0.2, 0.25) is 10.0 Å². The van der Waals surface area contributed by atoms with Crippen molar-refractivity contribution in [2.45, 2.75) is 57.9 Å². The van der Waals surface area contributed by atoms with Gasteiger partial charge < -0.3 is 9.67 Å². The van der Waals surface area contributed by atoms with Gasteiger partial charge in [-0.3, -0.25) is 0 Å². The second-order valence-electron chi connectivity index (χ2n) is 11.9. The highest BCUT2D eigenvalue weighted by Crippen LogP contribution is 2.41. The summed E-state index contributed by atoms with van der Waals surface area (Å²) in [5, 5.41) is 16.8. The van der Waals surface area contributed by atoms with Crippen molar-refractivity contribution in [2.75, 3.05) is 0 Å². The molecule has 218 valence electrons. The summed E-state index contributed by atoms with van der Waals surface area (Å²) in [5.74, 6) is 5.02. The number of carboxylic acid groups (broad SMARTS) is 1. The van der Waals surface area contributed by atoms with Crippen LogP contribution in [-0.2, 0) is 23.0 Å². The van der Waals surface area contributed by atoms with Crippen LogP contribution in [0.25, 0.3) is 21.8 Å². The van der Waals surface area contributed by atoms with Gasteiger partial charge in [0.25, 0.3) is 0 Å². The van der Waals surface area contributed by atoms with Gasteiger partial charge in [-0.15, -0.1) is 11.3 Å². The number of thiazole rings is 1. The third-order valence-corrected chi connectivity index (χ3v) is 8.81. The average molecular weight is 606 g/mol. The van der Waals surface area contributed by atoms with E-state index in [4.69, 9.17) is 5.14 Å². The molecule has 1 saturated carbocycles. The quantitative estimate of drug-likeness (QED) is 0.221. The Morgan fingerprint density at radius 3 is 2.57 bits per heavy atom. The van der Waals surface area contributed by atoms with Crippen molar-refractivity contribution in [1.82, 2.24) is 9.55 Å². The Morgan fingerprint density at radius 1 is 1.19 bits per heavy atom. The lowest BCUT2D eigenvalue weighted by molar-refractivity contribution is 0.0691. The molecule has 0 amide bonds. The van der Waals surface area contributed by atoms with E-state index in [1.807, 2.05) is 30.3 Å². The van der Waals surface area contributed by atoms with Gasteiger partial charge in [-0.05, 0) is 72.1 Å². The van der Waals surface area contributed by atoms with Crippen molar-refractivity contribution in [3.63, 3.8) is 0 Å². The average Bonchev–Trinajstić information content (AvgIpc) is 3.45. The van der Waals surface area contributed by atoms with Crippen LogP contribution in [0.2, 0.25) is 0 Å². The summed E-state index contributed by atoms with van der Waals surface area (Å²) in [7, 11) is -4.20. The van der Waals surface area contributed by atoms with Gasteiger partial charge in [0.1, 0.15) is 15.7 Å². The Kier molecular flexibility index (Phi) is 8.12. The van der Waals surface area contributed by atoms with Crippen LogP contribution in [0, 0.1) is 29.0 Å². The van der Waals surface area contributed by atoms with Crippen LogP contribution in [0.1, 0.15) is 67.3 Å².